The van der Waals surface area contributed by atoms with Crippen molar-refractivity contribution in [3.63, 3.8) is 0 Å². The molecule has 1 unspecified atom stereocenters. The van der Waals surface area contributed by atoms with Gasteiger partial charge in [0.25, 0.3) is 0 Å². The van der Waals surface area contributed by atoms with Crippen molar-refractivity contribution >= 4 is 5.96 Å². The molecule has 1 aromatic carbocycles. The summed E-state index contributed by atoms with van der Waals surface area (Å²) in [6.07, 6.45) is 2.71. The van der Waals surface area contributed by atoms with Crippen LogP contribution in [0.5, 0.6) is 0 Å². The molecule has 0 aliphatic rings. The maximum absolute atomic E-state index is 4.35. The molecular weight excluding hydrogens is 322 g/mol. The number of guanidine groups is 1. The summed E-state index contributed by atoms with van der Waals surface area (Å²) in [6, 6.07) is 17.0. The highest BCUT2D eigenvalue weighted by Crippen LogP contribution is 2.19. The molecule has 1 heterocycles. The lowest BCUT2D eigenvalue weighted by Gasteiger charge is -2.30. The second-order valence-corrected chi connectivity index (χ2v) is 6.10. The van der Waals surface area contributed by atoms with Crippen molar-refractivity contribution in [1.82, 2.24) is 20.5 Å². The monoisotopic (exact) mass is 353 g/mol. The zero-order valence-corrected chi connectivity index (χ0v) is 16.2. The SMILES string of the molecule is CCN(CC)C(CNC(=NC)NCCc1ccccn1)c1ccccc1. The van der Waals surface area contributed by atoms with Gasteiger partial charge in [-0.15, -0.1) is 0 Å². The van der Waals surface area contributed by atoms with Gasteiger partial charge in [0.15, 0.2) is 5.96 Å². The summed E-state index contributed by atoms with van der Waals surface area (Å²) in [6.45, 7) is 8.07. The number of nitrogens with zero attached hydrogens (tertiary/aromatic N) is 3. The summed E-state index contributed by atoms with van der Waals surface area (Å²) < 4.78 is 0. The predicted octanol–water partition coefficient (Wildman–Crippen LogP) is 2.87. The Balaban J connectivity index is 1.91. The van der Waals surface area contributed by atoms with Gasteiger partial charge < -0.3 is 10.6 Å². The van der Waals surface area contributed by atoms with Crippen molar-refractivity contribution in [3.05, 3.63) is 66.0 Å². The first-order chi connectivity index (χ1) is 12.8. The topological polar surface area (TPSA) is 52.5 Å². The maximum Gasteiger partial charge on any atom is 0.191 e. The Morgan fingerprint density at radius 3 is 2.38 bits per heavy atom. The Labute approximate surface area is 157 Å². The van der Waals surface area contributed by atoms with Crippen LogP contribution in [0.4, 0.5) is 0 Å². The molecule has 2 N–H and O–H groups in total. The van der Waals surface area contributed by atoms with Crippen LogP contribution in [0.25, 0.3) is 0 Å². The second kappa shape index (κ2) is 11.3. The smallest absolute Gasteiger partial charge is 0.191 e. The second-order valence-electron chi connectivity index (χ2n) is 6.10. The van der Waals surface area contributed by atoms with Gasteiger partial charge in [0, 0.05) is 38.4 Å². The molecule has 140 valence electrons. The first-order valence-electron chi connectivity index (χ1n) is 9.41. The Hall–Kier alpha value is -2.40. The lowest BCUT2D eigenvalue weighted by molar-refractivity contribution is 0.219. The average Bonchev–Trinajstić information content (AvgIpc) is 2.71. The number of benzene rings is 1. The summed E-state index contributed by atoms with van der Waals surface area (Å²) >= 11 is 0. The summed E-state index contributed by atoms with van der Waals surface area (Å²) in [5.74, 6) is 0.828. The molecule has 0 spiro atoms. The number of hydrogen-bond donors (Lipinski definition) is 2. The molecule has 1 aromatic heterocycles. The Morgan fingerprint density at radius 2 is 1.77 bits per heavy atom. The molecule has 0 saturated heterocycles. The molecule has 0 aliphatic heterocycles. The van der Waals surface area contributed by atoms with Crippen LogP contribution >= 0.6 is 0 Å². The van der Waals surface area contributed by atoms with E-state index in [9.17, 15) is 0 Å². The van der Waals surface area contributed by atoms with Crippen LogP contribution in [-0.4, -0.2) is 49.1 Å². The summed E-state index contributed by atoms with van der Waals surface area (Å²) in [7, 11) is 1.81. The number of rotatable bonds is 9. The van der Waals surface area contributed by atoms with Crippen LogP contribution in [0.1, 0.15) is 31.1 Å². The van der Waals surface area contributed by atoms with E-state index in [0.717, 1.165) is 44.3 Å². The summed E-state index contributed by atoms with van der Waals surface area (Å²) in [5.41, 5.74) is 2.41. The number of nitrogens with one attached hydrogen (secondary N) is 2. The Kier molecular flexibility index (Phi) is 8.63. The van der Waals surface area contributed by atoms with Gasteiger partial charge in [-0.1, -0.05) is 50.2 Å². The highest BCUT2D eigenvalue weighted by molar-refractivity contribution is 5.79. The van der Waals surface area contributed by atoms with Crippen LogP contribution in [0.2, 0.25) is 0 Å². The molecule has 0 bridgehead atoms. The average molecular weight is 354 g/mol. The molecule has 26 heavy (non-hydrogen) atoms. The molecule has 0 saturated carbocycles. The van der Waals surface area contributed by atoms with Crippen LogP contribution in [0, 0.1) is 0 Å². The minimum absolute atomic E-state index is 0.320. The van der Waals surface area contributed by atoms with E-state index in [1.165, 1.54) is 5.56 Å². The third-order valence-corrected chi connectivity index (χ3v) is 4.52. The van der Waals surface area contributed by atoms with Gasteiger partial charge in [-0.05, 0) is 30.8 Å². The molecule has 0 radical (unpaired) electrons. The van der Waals surface area contributed by atoms with Crippen LogP contribution in [-0.2, 0) is 6.42 Å². The number of pyridine rings is 1. The standard InChI is InChI=1S/C21H31N5/c1-4-26(5-2)20(18-11-7-6-8-12-18)17-25-21(22-3)24-16-14-19-13-9-10-15-23-19/h6-13,15,20H,4-5,14,16-17H2,1-3H3,(H2,22,24,25). The van der Waals surface area contributed by atoms with E-state index in [1.54, 1.807) is 0 Å². The normalized spacial score (nSPS) is 12.8. The van der Waals surface area contributed by atoms with E-state index >= 15 is 0 Å². The minimum Gasteiger partial charge on any atom is -0.356 e. The van der Waals surface area contributed by atoms with Gasteiger partial charge in [-0.2, -0.15) is 0 Å². The van der Waals surface area contributed by atoms with E-state index in [4.69, 9.17) is 0 Å². The third kappa shape index (κ3) is 6.15. The van der Waals surface area contributed by atoms with Crippen molar-refractivity contribution in [3.8, 4) is 0 Å². The van der Waals surface area contributed by atoms with Gasteiger partial charge in [0.1, 0.15) is 0 Å². The zero-order chi connectivity index (χ0) is 18.6. The number of hydrogen-bond acceptors (Lipinski definition) is 3. The third-order valence-electron chi connectivity index (χ3n) is 4.52. The van der Waals surface area contributed by atoms with Gasteiger partial charge in [-0.3, -0.25) is 14.9 Å². The summed E-state index contributed by atoms with van der Waals surface area (Å²) in [5, 5.41) is 6.86. The molecule has 5 heteroatoms. The zero-order valence-electron chi connectivity index (χ0n) is 16.2. The van der Waals surface area contributed by atoms with Crippen molar-refractivity contribution in [2.45, 2.75) is 26.3 Å². The largest absolute Gasteiger partial charge is 0.356 e. The molecule has 2 rings (SSSR count). The Morgan fingerprint density at radius 1 is 1.04 bits per heavy atom. The van der Waals surface area contributed by atoms with Crippen molar-refractivity contribution < 1.29 is 0 Å². The van der Waals surface area contributed by atoms with E-state index < -0.39 is 0 Å². The van der Waals surface area contributed by atoms with E-state index in [1.807, 2.05) is 31.4 Å². The predicted molar refractivity (Wildman–Crippen MR) is 109 cm³/mol. The Bertz CT molecular complexity index is 638. The first kappa shape index (κ1) is 19.9. The number of aromatic nitrogens is 1. The van der Waals surface area contributed by atoms with E-state index in [0.29, 0.717) is 6.04 Å². The molecule has 5 nitrogen and oxygen atoms in total. The number of likely N-dealkylation sites (N-methyl/N-ethyl adjacent to an activating group) is 1. The molecule has 0 aliphatic carbocycles. The molecule has 2 aromatic rings. The van der Waals surface area contributed by atoms with Gasteiger partial charge in [0.05, 0.1) is 6.04 Å². The summed E-state index contributed by atoms with van der Waals surface area (Å²) in [4.78, 5) is 11.2. The first-order valence-corrected chi connectivity index (χ1v) is 9.41. The van der Waals surface area contributed by atoms with Crippen LogP contribution < -0.4 is 10.6 Å². The fourth-order valence-electron chi connectivity index (χ4n) is 3.07. The highest BCUT2D eigenvalue weighted by Gasteiger charge is 2.18. The molecule has 0 amide bonds. The molecular formula is C21H31N5. The van der Waals surface area contributed by atoms with Crippen LogP contribution in [0.15, 0.2) is 59.7 Å². The van der Waals surface area contributed by atoms with Crippen LogP contribution in [0.3, 0.4) is 0 Å². The van der Waals surface area contributed by atoms with Gasteiger partial charge in [0.2, 0.25) is 0 Å². The fraction of sp³-hybridized carbons (Fsp3) is 0.429. The maximum atomic E-state index is 4.35. The number of aliphatic imine (C=N–C) groups is 1. The van der Waals surface area contributed by atoms with Crippen molar-refractivity contribution in [1.29, 1.82) is 0 Å². The van der Waals surface area contributed by atoms with Crippen molar-refractivity contribution in [2.75, 3.05) is 33.2 Å². The minimum atomic E-state index is 0.320. The van der Waals surface area contributed by atoms with E-state index in [2.05, 4.69) is 69.7 Å². The lowest BCUT2D eigenvalue weighted by Crippen LogP contribution is -2.43. The quantitative estimate of drug-likeness (QED) is 0.538. The van der Waals surface area contributed by atoms with Gasteiger partial charge in [-0.25, -0.2) is 0 Å². The lowest BCUT2D eigenvalue weighted by atomic mass is 10.1. The highest BCUT2D eigenvalue weighted by atomic mass is 15.2. The molecule has 0 fully saturated rings. The van der Waals surface area contributed by atoms with Crippen molar-refractivity contribution in [2.24, 2.45) is 4.99 Å². The fourth-order valence-corrected chi connectivity index (χ4v) is 3.07. The van der Waals surface area contributed by atoms with E-state index in [-0.39, 0.29) is 0 Å². The molecule has 1 atom stereocenters. The van der Waals surface area contributed by atoms with Gasteiger partial charge >= 0.3 is 0 Å².